The van der Waals surface area contributed by atoms with Crippen molar-refractivity contribution in [2.45, 2.75) is 45.2 Å². The van der Waals surface area contributed by atoms with E-state index in [9.17, 15) is 4.79 Å². The van der Waals surface area contributed by atoms with Gasteiger partial charge in [-0.25, -0.2) is 0 Å². The Labute approximate surface area is 160 Å². The zero-order valence-corrected chi connectivity index (χ0v) is 15.5. The van der Waals surface area contributed by atoms with E-state index in [0.717, 1.165) is 24.1 Å². The standard InChI is InChI=1S/C23H25N3O/c27-23(15-20-10-11-21-4-1-2-5-22(21)14-20)24-16-18-6-8-19(9-7-18)17-26-13-3-12-25-26/h3,6-14H,1-2,4-5,15-17H2,(H,24,27). The quantitative estimate of drug-likeness (QED) is 0.730. The van der Waals surface area contributed by atoms with Gasteiger partial charge in [-0.3, -0.25) is 9.48 Å². The molecule has 4 rings (SSSR count). The normalized spacial score (nSPS) is 13.2. The van der Waals surface area contributed by atoms with Crippen LogP contribution in [-0.2, 0) is 37.1 Å². The van der Waals surface area contributed by atoms with Crippen LogP contribution in [-0.4, -0.2) is 15.7 Å². The molecule has 0 fully saturated rings. The molecular formula is C23H25N3O. The minimum Gasteiger partial charge on any atom is -0.352 e. The lowest BCUT2D eigenvalue weighted by Gasteiger charge is -2.16. The largest absolute Gasteiger partial charge is 0.352 e. The molecule has 1 aliphatic carbocycles. The van der Waals surface area contributed by atoms with Crippen LogP contribution in [0.1, 0.15) is 40.7 Å². The van der Waals surface area contributed by atoms with Crippen LogP contribution >= 0.6 is 0 Å². The van der Waals surface area contributed by atoms with Crippen molar-refractivity contribution >= 4 is 5.91 Å². The van der Waals surface area contributed by atoms with E-state index in [1.807, 2.05) is 16.9 Å². The fourth-order valence-corrected chi connectivity index (χ4v) is 3.69. The van der Waals surface area contributed by atoms with Gasteiger partial charge in [-0.05, 0) is 59.6 Å². The third-order valence-corrected chi connectivity index (χ3v) is 5.19. The number of carbonyl (C=O) groups excluding carboxylic acids is 1. The van der Waals surface area contributed by atoms with Crippen LogP contribution in [0.2, 0.25) is 0 Å². The number of amides is 1. The molecule has 0 unspecified atom stereocenters. The first-order valence-corrected chi connectivity index (χ1v) is 9.69. The van der Waals surface area contributed by atoms with Gasteiger partial charge in [-0.1, -0.05) is 42.5 Å². The van der Waals surface area contributed by atoms with E-state index in [4.69, 9.17) is 0 Å². The molecule has 1 N–H and O–H groups in total. The van der Waals surface area contributed by atoms with Crippen LogP contribution in [0.15, 0.2) is 60.9 Å². The number of aromatic nitrogens is 2. The summed E-state index contributed by atoms with van der Waals surface area (Å²) in [5.41, 5.74) is 6.31. The Kier molecular flexibility index (Phi) is 5.33. The van der Waals surface area contributed by atoms with E-state index in [2.05, 4.69) is 52.9 Å². The van der Waals surface area contributed by atoms with E-state index < -0.39 is 0 Å². The number of benzene rings is 2. The number of carbonyl (C=O) groups is 1. The number of hydrogen-bond donors (Lipinski definition) is 1. The summed E-state index contributed by atoms with van der Waals surface area (Å²) in [4.78, 5) is 12.3. The molecule has 0 spiro atoms. The lowest BCUT2D eigenvalue weighted by atomic mass is 9.90. The van der Waals surface area contributed by atoms with Crippen LogP contribution in [0, 0.1) is 0 Å². The predicted molar refractivity (Wildman–Crippen MR) is 106 cm³/mol. The molecule has 0 bridgehead atoms. The first-order valence-electron chi connectivity index (χ1n) is 9.69. The van der Waals surface area contributed by atoms with Crippen LogP contribution in [0.4, 0.5) is 0 Å². The highest BCUT2D eigenvalue weighted by Gasteiger charge is 2.11. The summed E-state index contributed by atoms with van der Waals surface area (Å²) in [5, 5.41) is 7.26. The molecule has 4 heteroatoms. The number of fused-ring (bicyclic) bond motifs is 1. The maximum absolute atomic E-state index is 12.3. The van der Waals surface area contributed by atoms with Crippen molar-refractivity contribution in [3.8, 4) is 0 Å². The molecule has 0 aliphatic heterocycles. The SMILES string of the molecule is O=C(Cc1ccc2c(c1)CCCC2)NCc1ccc(Cn2cccn2)cc1. The molecule has 3 aromatic rings. The highest BCUT2D eigenvalue weighted by atomic mass is 16.1. The number of nitrogens with zero attached hydrogens (tertiary/aromatic N) is 2. The second-order valence-corrected chi connectivity index (χ2v) is 7.28. The van der Waals surface area contributed by atoms with E-state index in [1.165, 1.54) is 36.0 Å². The summed E-state index contributed by atoms with van der Waals surface area (Å²) in [6.45, 7) is 1.32. The predicted octanol–water partition coefficient (Wildman–Crippen LogP) is 3.67. The lowest BCUT2D eigenvalue weighted by molar-refractivity contribution is -0.120. The van der Waals surface area contributed by atoms with Crippen molar-refractivity contribution in [1.29, 1.82) is 0 Å². The Hall–Kier alpha value is -2.88. The van der Waals surface area contributed by atoms with Crippen LogP contribution in [0.3, 0.4) is 0 Å². The molecular weight excluding hydrogens is 334 g/mol. The maximum atomic E-state index is 12.3. The maximum Gasteiger partial charge on any atom is 0.224 e. The molecule has 1 amide bonds. The lowest BCUT2D eigenvalue weighted by Crippen LogP contribution is -2.24. The minimum absolute atomic E-state index is 0.0753. The van der Waals surface area contributed by atoms with Gasteiger partial charge < -0.3 is 5.32 Å². The second-order valence-electron chi connectivity index (χ2n) is 7.28. The molecule has 0 saturated carbocycles. The topological polar surface area (TPSA) is 46.9 Å². The molecule has 1 heterocycles. The summed E-state index contributed by atoms with van der Waals surface area (Å²) in [7, 11) is 0. The van der Waals surface area contributed by atoms with Gasteiger partial charge in [0.05, 0.1) is 13.0 Å². The molecule has 27 heavy (non-hydrogen) atoms. The van der Waals surface area contributed by atoms with E-state index in [-0.39, 0.29) is 5.91 Å². The summed E-state index contributed by atoms with van der Waals surface area (Å²) in [5.74, 6) is 0.0753. The van der Waals surface area contributed by atoms with Gasteiger partial charge in [0.2, 0.25) is 5.91 Å². The Balaban J connectivity index is 1.29. The molecule has 4 nitrogen and oxygen atoms in total. The fraction of sp³-hybridized carbons (Fsp3) is 0.304. The van der Waals surface area contributed by atoms with Crippen molar-refractivity contribution in [2.24, 2.45) is 0 Å². The van der Waals surface area contributed by atoms with Crippen molar-refractivity contribution < 1.29 is 4.79 Å². The van der Waals surface area contributed by atoms with E-state index in [1.54, 1.807) is 6.20 Å². The van der Waals surface area contributed by atoms with Crippen LogP contribution in [0.5, 0.6) is 0 Å². The average molecular weight is 359 g/mol. The van der Waals surface area contributed by atoms with Gasteiger partial charge in [0, 0.05) is 18.9 Å². The highest BCUT2D eigenvalue weighted by Crippen LogP contribution is 2.22. The van der Waals surface area contributed by atoms with Crippen molar-refractivity contribution in [3.05, 3.63) is 88.7 Å². The Morgan fingerprint density at radius 1 is 0.963 bits per heavy atom. The van der Waals surface area contributed by atoms with E-state index in [0.29, 0.717) is 13.0 Å². The van der Waals surface area contributed by atoms with Crippen molar-refractivity contribution in [3.63, 3.8) is 0 Å². The molecule has 0 radical (unpaired) electrons. The Morgan fingerprint density at radius 3 is 2.48 bits per heavy atom. The monoisotopic (exact) mass is 359 g/mol. The van der Waals surface area contributed by atoms with Gasteiger partial charge in [0.15, 0.2) is 0 Å². The van der Waals surface area contributed by atoms with Crippen LogP contribution < -0.4 is 5.32 Å². The Bertz CT molecular complexity index is 898. The zero-order chi connectivity index (χ0) is 18.5. The summed E-state index contributed by atoms with van der Waals surface area (Å²) in [6.07, 6.45) is 9.06. The number of nitrogens with one attached hydrogen (secondary N) is 1. The van der Waals surface area contributed by atoms with Gasteiger partial charge in [-0.15, -0.1) is 0 Å². The number of aryl methyl sites for hydroxylation is 2. The van der Waals surface area contributed by atoms with Crippen LogP contribution in [0.25, 0.3) is 0 Å². The molecule has 2 aromatic carbocycles. The summed E-state index contributed by atoms with van der Waals surface area (Å²) in [6, 6.07) is 16.8. The summed E-state index contributed by atoms with van der Waals surface area (Å²) >= 11 is 0. The number of hydrogen-bond acceptors (Lipinski definition) is 2. The third-order valence-electron chi connectivity index (χ3n) is 5.19. The molecule has 1 aliphatic rings. The van der Waals surface area contributed by atoms with E-state index >= 15 is 0 Å². The minimum atomic E-state index is 0.0753. The Morgan fingerprint density at radius 2 is 1.70 bits per heavy atom. The second kappa shape index (κ2) is 8.21. The third kappa shape index (κ3) is 4.64. The molecule has 1 aromatic heterocycles. The number of rotatable bonds is 6. The molecule has 0 atom stereocenters. The van der Waals surface area contributed by atoms with Crippen molar-refractivity contribution in [1.82, 2.24) is 15.1 Å². The van der Waals surface area contributed by atoms with Gasteiger partial charge in [0.1, 0.15) is 0 Å². The van der Waals surface area contributed by atoms with Crippen molar-refractivity contribution in [2.75, 3.05) is 0 Å². The fourth-order valence-electron chi connectivity index (χ4n) is 3.69. The smallest absolute Gasteiger partial charge is 0.224 e. The van der Waals surface area contributed by atoms with Gasteiger partial charge >= 0.3 is 0 Å². The average Bonchev–Trinajstić information content (AvgIpc) is 3.20. The first-order chi connectivity index (χ1) is 13.3. The van der Waals surface area contributed by atoms with Gasteiger partial charge in [-0.2, -0.15) is 5.10 Å². The van der Waals surface area contributed by atoms with Gasteiger partial charge in [0.25, 0.3) is 0 Å². The highest BCUT2D eigenvalue weighted by molar-refractivity contribution is 5.78. The molecule has 0 saturated heterocycles. The zero-order valence-electron chi connectivity index (χ0n) is 15.5. The first kappa shape index (κ1) is 17.5. The summed E-state index contributed by atoms with van der Waals surface area (Å²) < 4.78 is 1.90. The molecule has 138 valence electrons.